The van der Waals surface area contributed by atoms with Crippen LogP contribution in [-0.2, 0) is 14.3 Å². The Balaban J connectivity index is 1.73. The monoisotopic (exact) mass is 360 g/mol. The third-order valence-electron chi connectivity index (χ3n) is 5.63. The Hall–Kier alpha value is -2.68. The largest absolute Gasteiger partial charge is 0.449 e. The molecule has 0 aromatic heterocycles. The molecule has 1 unspecified atom stereocenters. The molecule has 0 N–H and O–H groups in total. The first-order chi connectivity index (χ1) is 13.2. The van der Waals surface area contributed by atoms with Gasteiger partial charge < -0.3 is 4.74 Å². The number of carbonyl (C=O) groups excluding carboxylic acids is 2. The molecule has 1 saturated carbocycles. The van der Waals surface area contributed by atoms with Crippen LogP contribution >= 0.6 is 0 Å². The van der Waals surface area contributed by atoms with Gasteiger partial charge in [-0.3, -0.25) is 4.79 Å². The van der Waals surface area contributed by atoms with E-state index in [2.05, 4.69) is 0 Å². The average molecular weight is 360 g/mol. The summed E-state index contributed by atoms with van der Waals surface area (Å²) in [4.78, 5) is 25.8. The zero-order valence-corrected chi connectivity index (χ0v) is 15.4. The average Bonchev–Trinajstić information content (AvgIpc) is 3.07. The maximum atomic E-state index is 13.1. The standard InChI is InChI=1S/C24H24O3/c25-20(16-17-10-4-1-5-11-17)22-21(18-12-6-2-7-13-18)23(27-24(22)26)19-14-8-3-9-15-19/h2-3,6-9,12-15,17,23H,1,4-5,10-11,16H2. The summed E-state index contributed by atoms with van der Waals surface area (Å²) in [6.07, 6.45) is 5.70. The Bertz CT molecular complexity index is 846. The predicted octanol–water partition coefficient (Wildman–Crippen LogP) is 5.28. The SMILES string of the molecule is O=C(CC1CCCCC1)C1=C(c2ccccc2)C(c2ccccc2)OC1=O. The Morgan fingerprint density at radius 1 is 0.889 bits per heavy atom. The summed E-state index contributed by atoms with van der Waals surface area (Å²) in [5.74, 6) is -0.160. The third-order valence-corrected chi connectivity index (χ3v) is 5.63. The highest BCUT2D eigenvalue weighted by atomic mass is 16.5. The van der Waals surface area contributed by atoms with Crippen molar-refractivity contribution < 1.29 is 14.3 Å². The Morgan fingerprint density at radius 3 is 2.19 bits per heavy atom. The van der Waals surface area contributed by atoms with Crippen LogP contribution in [0.25, 0.3) is 5.57 Å². The van der Waals surface area contributed by atoms with Gasteiger partial charge in [0.1, 0.15) is 5.57 Å². The van der Waals surface area contributed by atoms with Gasteiger partial charge in [-0.15, -0.1) is 0 Å². The first-order valence-electron chi connectivity index (χ1n) is 9.83. The number of hydrogen-bond acceptors (Lipinski definition) is 3. The molecule has 2 aromatic rings. The van der Waals surface area contributed by atoms with Crippen molar-refractivity contribution in [3.8, 4) is 0 Å². The second kappa shape index (κ2) is 7.91. The van der Waals surface area contributed by atoms with Crippen molar-refractivity contribution in [2.45, 2.75) is 44.6 Å². The molecular weight excluding hydrogens is 336 g/mol. The molecule has 1 heterocycles. The number of cyclic esters (lactones) is 1. The van der Waals surface area contributed by atoms with Crippen molar-refractivity contribution in [2.24, 2.45) is 5.92 Å². The van der Waals surface area contributed by atoms with Gasteiger partial charge >= 0.3 is 5.97 Å². The highest BCUT2D eigenvalue weighted by Gasteiger charge is 2.39. The van der Waals surface area contributed by atoms with E-state index in [1.165, 1.54) is 19.3 Å². The van der Waals surface area contributed by atoms with E-state index in [-0.39, 0.29) is 11.4 Å². The lowest BCUT2D eigenvalue weighted by atomic mass is 9.83. The highest BCUT2D eigenvalue weighted by Crippen LogP contribution is 2.42. The first kappa shape index (κ1) is 17.7. The summed E-state index contributed by atoms with van der Waals surface area (Å²) in [6, 6.07) is 19.3. The maximum Gasteiger partial charge on any atom is 0.343 e. The summed E-state index contributed by atoms with van der Waals surface area (Å²) in [7, 11) is 0. The van der Waals surface area contributed by atoms with E-state index in [0.717, 1.165) is 24.0 Å². The van der Waals surface area contributed by atoms with Crippen LogP contribution in [0, 0.1) is 5.92 Å². The number of ether oxygens (including phenoxy) is 1. The van der Waals surface area contributed by atoms with E-state index in [9.17, 15) is 9.59 Å². The van der Waals surface area contributed by atoms with Crippen LogP contribution in [0.5, 0.6) is 0 Å². The van der Waals surface area contributed by atoms with Gasteiger partial charge in [0, 0.05) is 12.0 Å². The summed E-state index contributed by atoms with van der Waals surface area (Å²) in [5.41, 5.74) is 2.74. The van der Waals surface area contributed by atoms with Crippen molar-refractivity contribution in [3.05, 3.63) is 77.4 Å². The number of Topliss-reactive ketones (excluding diaryl/α,β-unsaturated/α-hetero) is 1. The molecule has 2 aromatic carbocycles. The molecule has 4 rings (SSSR count). The van der Waals surface area contributed by atoms with E-state index >= 15 is 0 Å². The molecule has 1 aliphatic heterocycles. The minimum Gasteiger partial charge on any atom is -0.449 e. The van der Waals surface area contributed by atoms with E-state index < -0.39 is 12.1 Å². The van der Waals surface area contributed by atoms with E-state index in [4.69, 9.17) is 4.74 Å². The lowest BCUT2D eigenvalue weighted by Gasteiger charge is -2.20. The fraction of sp³-hybridized carbons (Fsp3) is 0.333. The number of rotatable bonds is 5. The second-order valence-electron chi connectivity index (χ2n) is 7.48. The predicted molar refractivity (Wildman–Crippen MR) is 105 cm³/mol. The van der Waals surface area contributed by atoms with Crippen molar-refractivity contribution in [1.29, 1.82) is 0 Å². The highest BCUT2D eigenvalue weighted by molar-refractivity contribution is 6.25. The molecule has 27 heavy (non-hydrogen) atoms. The smallest absolute Gasteiger partial charge is 0.343 e. The summed E-state index contributed by atoms with van der Waals surface area (Å²) in [6.45, 7) is 0. The molecule has 0 radical (unpaired) electrons. The van der Waals surface area contributed by atoms with E-state index in [1.807, 2.05) is 60.7 Å². The molecule has 1 fully saturated rings. The van der Waals surface area contributed by atoms with Gasteiger partial charge in [-0.1, -0.05) is 92.8 Å². The van der Waals surface area contributed by atoms with Crippen LogP contribution in [0.1, 0.15) is 55.8 Å². The molecule has 0 saturated heterocycles. The first-order valence-corrected chi connectivity index (χ1v) is 9.83. The van der Waals surface area contributed by atoms with Crippen molar-refractivity contribution in [2.75, 3.05) is 0 Å². The molecule has 0 bridgehead atoms. The van der Waals surface area contributed by atoms with Gasteiger partial charge in [-0.25, -0.2) is 4.79 Å². The minimum absolute atomic E-state index is 0.0656. The van der Waals surface area contributed by atoms with Crippen molar-refractivity contribution >= 4 is 17.3 Å². The molecule has 0 spiro atoms. The Kier molecular flexibility index (Phi) is 5.19. The number of esters is 1. The third kappa shape index (κ3) is 3.73. The topological polar surface area (TPSA) is 43.4 Å². The lowest BCUT2D eigenvalue weighted by Crippen LogP contribution is -2.17. The van der Waals surface area contributed by atoms with E-state index in [1.54, 1.807) is 0 Å². The number of benzene rings is 2. The summed E-state index contributed by atoms with van der Waals surface area (Å²) >= 11 is 0. The van der Waals surface area contributed by atoms with Crippen molar-refractivity contribution in [1.82, 2.24) is 0 Å². The maximum absolute atomic E-state index is 13.1. The van der Waals surface area contributed by atoms with Crippen molar-refractivity contribution in [3.63, 3.8) is 0 Å². The Labute approximate surface area is 160 Å². The molecule has 3 nitrogen and oxygen atoms in total. The van der Waals surface area contributed by atoms with Gasteiger partial charge in [0.15, 0.2) is 11.9 Å². The lowest BCUT2D eigenvalue weighted by molar-refractivity contribution is -0.140. The van der Waals surface area contributed by atoms with Crippen LogP contribution in [0.3, 0.4) is 0 Å². The van der Waals surface area contributed by atoms with Gasteiger partial charge in [0.2, 0.25) is 0 Å². The number of carbonyl (C=O) groups is 2. The molecule has 1 aliphatic carbocycles. The molecule has 138 valence electrons. The fourth-order valence-electron chi connectivity index (χ4n) is 4.26. The normalized spacial score (nSPS) is 20.6. The molecule has 1 atom stereocenters. The molecular formula is C24H24O3. The molecule has 0 amide bonds. The second-order valence-corrected chi connectivity index (χ2v) is 7.48. The van der Waals surface area contributed by atoms with Crippen LogP contribution in [0.4, 0.5) is 0 Å². The molecule has 2 aliphatic rings. The minimum atomic E-state index is -0.522. The zero-order valence-electron chi connectivity index (χ0n) is 15.4. The molecule has 3 heteroatoms. The van der Waals surface area contributed by atoms with Gasteiger partial charge in [0.25, 0.3) is 0 Å². The van der Waals surface area contributed by atoms with Gasteiger partial charge in [-0.05, 0) is 17.0 Å². The van der Waals surface area contributed by atoms with Crippen LogP contribution in [0.15, 0.2) is 66.2 Å². The van der Waals surface area contributed by atoms with Gasteiger partial charge in [0.05, 0.1) is 0 Å². The summed E-state index contributed by atoms with van der Waals surface area (Å²) in [5, 5.41) is 0. The van der Waals surface area contributed by atoms with E-state index in [0.29, 0.717) is 17.9 Å². The van der Waals surface area contributed by atoms with Crippen LogP contribution < -0.4 is 0 Å². The van der Waals surface area contributed by atoms with Gasteiger partial charge in [-0.2, -0.15) is 0 Å². The van der Waals surface area contributed by atoms with Crippen LogP contribution in [-0.4, -0.2) is 11.8 Å². The fourth-order valence-corrected chi connectivity index (χ4v) is 4.26. The van der Waals surface area contributed by atoms with Crippen LogP contribution in [0.2, 0.25) is 0 Å². The quantitative estimate of drug-likeness (QED) is 0.538. The summed E-state index contributed by atoms with van der Waals surface area (Å²) < 4.78 is 5.70. The number of hydrogen-bond donors (Lipinski definition) is 0. The zero-order chi connectivity index (χ0) is 18.6. The number of ketones is 1. The Morgan fingerprint density at radius 2 is 1.52 bits per heavy atom.